The highest BCUT2D eigenvalue weighted by Gasteiger charge is 2.51. The molecule has 8 heteroatoms. The largest absolute Gasteiger partial charge is 0.337 e. The number of sulfonamides is 1. The molecule has 0 bridgehead atoms. The maximum atomic E-state index is 13.9. The van der Waals surface area contributed by atoms with Crippen LogP contribution in [0.5, 0.6) is 0 Å². The van der Waals surface area contributed by atoms with Crippen molar-refractivity contribution in [2.45, 2.75) is 6.04 Å². The van der Waals surface area contributed by atoms with Crippen LogP contribution in [0.15, 0.2) is 48.7 Å². The van der Waals surface area contributed by atoms with Gasteiger partial charge in [-0.3, -0.25) is 4.79 Å². The average Bonchev–Trinajstić information content (AvgIpc) is 3.20. The van der Waals surface area contributed by atoms with Crippen LogP contribution in [0, 0.1) is 17.7 Å². The molecule has 27 heavy (non-hydrogen) atoms. The van der Waals surface area contributed by atoms with E-state index in [1.165, 1.54) is 28.9 Å². The minimum Gasteiger partial charge on any atom is -0.337 e. The Labute approximate surface area is 157 Å². The van der Waals surface area contributed by atoms with Gasteiger partial charge in [0.05, 0.1) is 12.3 Å². The van der Waals surface area contributed by atoms with Crippen molar-refractivity contribution in [3.63, 3.8) is 0 Å². The lowest BCUT2D eigenvalue weighted by Crippen LogP contribution is -2.37. The standard InChI is InChI=1S/C19H20FN3O3S/c1-27(25,26)23-11-14-10-22(19(24)17-16(20)8-5-9-21-17)12-15(14)18(23)13-6-3-2-4-7-13/h2-9,14-15,18H,10-12H2,1H3/t14-,15-,18+/m1/s1. The molecule has 2 aliphatic rings. The summed E-state index contributed by atoms with van der Waals surface area (Å²) in [5.41, 5.74) is 0.724. The summed E-state index contributed by atoms with van der Waals surface area (Å²) in [6.07, 6.45) is 2.61. The second kappa shape index (κ2) is 6.69. The molecule has 1 amide bonds. The Morgan fingerprint density at radius 3 is 2.52 bits per heavy atom. The lowest BCUT2D eigenvalue weighted by atomic mass is 9.90. The lowest BCUT2D eigenvalue weighted by molar-refractivity contribution is 0.0763. The fourth-order valence-corrected chi connectivity index (χ4v) is 5.42. The predicted molar refractivity (Wildman–Crippen MR) is 97.8 cm³/mol. The minimum atomic E-state index is -3.38. The van der Waals surface area contributed by atoms with Crippen LogP contribution in [0.1, 0.15) is 22.1 Å². The molecule has 0 N–H and O–H groups in total. The first-order chi connectivity index (χ1) is 12.9. The quantitative estimate of drug-likeness (QED) is 0.804. The molecule has 0 radical (unpaired) electrons. The molecule has 2 aromatic rings. The fourth-order valence-electron chi connectivity index (χ4n) is 4.27. The van der Waals surface area contributed by atoms with Crippen molar-refractivity contribution in [3.05, 3.63) is 65.7 Å². The summed E-state index contributed by atoms with van der Waals surface area (Å²) >= 11 is 0. The van der Waals surface area contributed by atoms with E-state index in [0.717, 1.165) is 5.56 Å². The first kappa shape index (κ1) is 18.1. The number of benzene rings is 1. The molecule has 142 valence electrons. The smallest absolute Gasteiger partial charge is 0.275 e. The van der Waals surface area contributed by atoms with Crippen molar-refractivity contribution in [2.24, 2.45) is 11.8 Å². The van der Waals surface area contributed by atoms with Gasteiger partial charge in [-0.25, -0.2) is 17.8 Å². The first-order valence-electron chi connectivity index (χ1n) is 8.78. The van der Waals surface area contributed by atoms with E-state index >= 15 is 0 Å². The Morgan fingerprint density at radius 2 is 1.85 bits per heavy atom. The summed E-state index contributed by atoms with van der Waals surface area (Å²) in [5, 5.41) is 0. The Morgan fingerprint density at radius 1 is 1.11 bits per heavy atom. The van der Waals surface area contributed by atoms with Crippen LogP contribution in [0.3, 0.4) is 0 Å². The van der Waals surface area contributed by atoms with Crippen molar-refractivity contribution >= 4 is 15.9 Å². The van der Waals surface area contributed by atoms with E-state index in [0.29, 0.717) is 19.6 Å². The van der Waals surface area contributed by atoms with Gasteiger partial charge in [-0.2, -0.15) is 4.31 Å². The number of nitrogens with zero attached hydrogens (tertiary/aromatic N) is 3. The SMILES string of the molecule is CS(=O)(=O)N1C[C@H]2CN(C(=O)c3ncccc3F)C[C@H]2[C@@H]1c1ccccc1. The first-order valence-corrected chi connectivity index (χ1v) is 10.6. The van der Waals surface area contributed by atoms with Crippen molar-refractivity contribution in [1.29, 1.82) is 0 Å². The second-order valence-corrected chi connectivity index (χ2v) is 9.09. The number of carbonyl (C=O) groups excluding carboxylic acids is 1. The molecule has 0 saturated carbocycles. The summed E-state index contributed by atoms with van der Waals surface area (Å²) in [4.78, 5) is 18.2. The van der Waals surface area contributed by atoms with Crippen molar-refractivity contribution in [2.75, 3.05) is 25.9 Å². The third kappa shape index (κ3) is 3.23. The second-order valence-electron chi connectivity index (χ2n) is 7.16. The van der Waals surface area contributed by atoms with Gasteiger partial charge in [-0.1, -0.05) is 30.3 Å². The molecule has 0 spiro atoms. The number of hydrogen-bond acceptors (Lipinski definition) is 4. The van der Waals surface area contributed by atoms with Crippen LogP contribution >= 0.6 is 0 Å². The number of amides is 1. The Kier molecular flexibility index (Phi) is 4.47. The number of hydrogen-bond donors (Lipinski definition) is 0. The average molecular weight is 389 g/mol. The van der Waals surface area contributed by atoms with Gasteiger partial charge in [0, 0.05) is 31.7 Å². The van der Waals surface area contributed by atoms with Crippen LogP contribution in [0.25, 0.3) is 0 Å². The summed E-state index contributed by atoms with van der Waals surface area (Å²) in [6.45, 7) is 1.14. The van der Waals surface area contributed by atoms with E-state index in [4.69, 9.17) is 0 Å². The topological polar surface area (TPSA) is 70.6 Å². The van der Waals surface area contributed by atoms with Gasteiger partial charge in [-0.05, 0) is 23.6 Å². The molecule has 2 fully saturated rings. The van der Waals surface area contributed by atoms with Gasteiger partial charge in [0.15, 0.2) is 11.5 Å². The molecule has 1 aromatic heterocycles. The highest BCUT2D eigenvalue weighted by atomic mass is 32.2. The van der Waals surface area contributed by atoms with Crippen molar-refractivity contribution in [1.82, 2.24) is 14.2 Å². The highest BCUT2D eigenvalue weighted by Crippen LogP contribution is 2.46. The Hall–Kier alpha value is -2.32. The Balaban J connectivity index is 1.63. The lowest BCUT2D eigenvalue weighted by Gasteiger charge is -2.28. The number of aromatic nitrogens is 1. The summed E-state index contributed by atoms with van der Waals surface area (Å²) in [5.74, 6) is -1.10. The number of pyridine rings is 1. The molecule has 4 rings (SSSR count). The fraction of sp³-hybridized carbons (Fsp3) is 0.368. The van der Waals surface area contributed by atoms with E-state index in [1.807, 2.05) is 30.3 Å². The molecule has 2 saturated heterocycles. The summed E-state index contributed by atoms with van der Waals surface area (Å²) in [7, 11) is -3.38. The highest BCUT2D eigenvalue weighted by molar-refractivity contribution is 7.88. The Bertz CT molecular complexity index is 967. The van der Waals surface area contributed by atoms with Crippen LogP contribution in [0.4, 0.5) is 4.39 Å². The molecular formula is C19H20FN3O3S. The van der Waals surface area contributed by atoms with Crippen LogP contribution in [0.2, 0.25) is 0 Å². The van der Waals surface area contributed by atoms with Crippen LogP contribution < -0.4 is 0 Å². The van der Waals surface area contributed by atoms with Gasteiger partial charge in [0.1, 0.15) is 0 Å². The molecule has 0 aliphatic carbocycles. The normalized spacial score (nSPS) is 25.6. The maximum Gasteiger partial charge on any atom is 0.275 e. The molecular weight excluding hydrogens is 369 g/mol. The molecule has 0 unspecified atom stereocenters. The summed E-state index contributed by atoms with van der Waals surface area (Å²) in [6, 6.07) is 11.8. The maximum absolute atomic E-state index is 13.9. The van der Waals surface area contributed by atoms with E-state index in [9.17, 15) is 17.6 Å². The van der Waals surface area contributed by atoms with Crippen molar-refractivity contribution < 1.29 is 17.6 Å². The van der Waals surface area contributed by atoms with Gasteiger partial charge in [0.25, 0.3) is 5.91 Å². The van der Waals surface area contributed by atoms with Gasteiger partial charge in [-0.15, -0.1) is 0 Å². The molecule has 1 aromatic carbocycles. The zero-order valence-electron chi connectivity index (χ0n) is 14.8. The number of likely N-dealkylation sites (tertiary alicyclic amines) is 1. The van der Waals surface area contributed by atoms with Gasteiger partial charge >= 0.3 is 0 Å². The van der Waals surface area contributed by atoms with Gasteiger partial charge in [0.2, 0.25) is 10.0 Å². The molecule has 3 heterocycles. The molecule has 2 aliphatic heterocycles. The monoisotopic (exact) mass is 389 g/mol. The third-order valence-electron chi connectivity index (χ3n) is 5.44. The van der Waals surface area contributed by atoms with Gasteiger partial charge < -0.3 is 4.90 Å². The number of rotatable bonds is 3. The molecule has 3 atom stereocenters. The van der Waals surface area contributed by atoms with E-state index < -0.39 is 21.7 Å². The minimum absolute atomic E-state index is 0.0145. The third-order valence-corrected chi connectivity index (χ3v) is 6.67. The van der Waals surface area contributed by atoms with Crippen molar-refractivity contribution in [3.8, 4) is 0 Å². The van der Waals surface area contributed by atoms with E-state index in [1.54, 1.807) is 4.90 Å². The number of halogens is 1. The zero-order chi connectivity index (χ0) is 19.2. The number of carbonyl (C=O) groups is 1. The molecule has 6 nitrogen and oxygen atoms in total. The van der Waals surface area contributed by atoms with E-state index in [-0.39, 0.29) is 23.6 Å². The van der Waals surface area contributed by atoms with E-state index in [2.05, 4.69) is 4.98 Å². The van der Waals surface area contributed by atoms with Crippen LogP contribution in [-0.2, 0) is 10.0 Å². The van der Waals surface area contributed by atoms with Crippen LogP contribution in [-0.4, -0.2) is 54.4 Å². The summed E-state index contributed by atoms with van der Waals surface area (Å²) < 4.78 is 40.1. The predicted octanol–water partition coefficient (Wildman–Crippen LogP) is 1.93. The zero-order valence-corrected chi connectivity index (χ0v) is 15.6. The number of fused-ring (bicyclic) bond motifs is 1.